The third-order valence-corrected chi connectivity index (χ3v) is 3.59. The summed E-state index contributed by atoms with van der Waals surface area (Å²) in [5, 5.41) is 4.40. The zero-order valence-corrected chi connectivity index (χ0v) is 12.8. The van der Waals surface area contributed by atoms with Gasteiger partial charge in [-0.05, 0) is 24.3 Å². The van der Waals surface area contributed by atoms with E-state index in [4.69, 9.17) is 9.26 Å². The van der Waals surface area contributed by atoms with Crippen LogP contribution in [-0.2, 0) is 4.74 Å². The molecule has 3 aromatic rings. The molecule has 1 amide bonds. The molecule has 7 nitrogen and oxygen atoms in total. The van der Waals surface area contributed by atoms with Gasteiger partial charge >= 0.3 is 0 Å². The topological polar surface area (TPSA) is 81.4 Å². The Morgan fingerprint density at radius 2 is 2.09 bits per heavy atom. The van der Waals surface area contributed by atoms with Crippen molar-refractivity contribution in [3.05, 3.63) is 54.2 Å². The second kappa shape index (κ2) is 6.53. The lowest BCUT2D eigenvalue weighted by Gasteiger charge is -2.26. The van der Waals surface area contributed by atoms with Gasteiger partial charge < -0.3 is 14.2 Å². The average Bonchev–Trinajstić information content (AvgIpc) is 3.03. The van der Waals surface area contributed by atoms with Crippen molar-refractivity contribution >= 4 is 16.9 Å². The number of aromatic nitrogens is 3. The fourth-order valence-electron chi connectivity index (χ4n) is 2.37. The van der Waals surface area contributed by atoms with Crippen LogP contribution in [0.25, 0.3) is 11.0 Å². The molecular formula is C16H16N4O3. The van der Waals surface area contributed by atoms with Crippen molar-refractivity contribution in [1.82, 2.24) is 20.0 Å². The molecule has 0 aliphatic heterocycles. The monoisotopic (exact) mass is 312 g/mol. The first-order valence-corrected chi connectivity index (χ1v) is 7.09. The standard InChI is InChI=1S/C16H16N4O3/c1-20(13(10-22-2)12-7-3-4-8-17-12)16(21)14-11-6-5-9-18-15(11)19-23-14/h3-9,13H,10H2,1-2H3. The number of methoxy groups -OCH3 is 1. The van der Waals surface area contributed by atoms with Crippen LogP contribution in [-0.4, -0.2) is 46.7 Å². The Morgan fingerprint density at radius 3 is 2.83 bits per heavy atom. The van der Waals surface area contributed by atoms with Gasteiger partial charge in [-0.1, -0.05) is 11.2 Å². The van der Waals surface area contributed by atoms with Crippen molar-refractivity contribution in [3.8, 4) is 0 Å². The smallest absolute Gasteiger partial charge is 0.293 e. The Morgan fingerprint density at radius 1 is 1.26 bits per heavy atom. The summed E-state index contributed by atoms with van der Waals surface area (Å²) in [6, 6.07) is 8.72. The van der Waals surface area contributed by atoms with Gasteiger partial charge in [-0.25, -0.2) is 4.98 Å². The van der Waals surface area contributed by atoms with E-state index < -0.39 is 0 Å². The summed E-state index contributed by atoms with van der Waals surface area (Å²) in [6.45, 7) is 0.323. The van der Waals surface area contributed by atoms with E-state index in [0.29, 0.717) is 17.6 Å². The summed E-state index contributed by atoms with van der Waals surface area (Å²) in [7, 11) is 3.27. The van der Waals surface area contributed by atoms with Crippen LogP contribution in [0.1, 0.15) is 22.3 Å². The summed E-state index contributed by atoms with van der Waals surface area (Å²) >= 11 is 0. The Labute approximate surface area is 132 Å². The highest BCUT2D eigenvalue weighted by molar-refractivity contribution is 6.02. The van der Waals surface area contributed by atoms with E-state index >= 15 is 0 Å². The van der Waals surface area contributed by atoms with Crippen molar-refractivity contribution < 1.29 is 14.1 Å². The van der Waals surface area contributed by atoms with Crippen LogP contribution in [0.15, 0.2) is 47.2 Å². The minimum atomic E-state index is -0.328. The number of nitrogens with zero attached hydrogens (tertiary/aromatic N) is 4. The number of carbonyl (C=O) groups is 1. The van der Waals surface area contributed by atoms with Gasteiger partial charge in [-0.15, -0.1) is 0 Å². The van der Waals surface area contributed by atoms with Crippen molar-refractivity contribution in [2.45, 2.75) is 6.04 Å². The maximum atomic E-state index is 12.8. The number of rotatable bonds is 5. The number of hydrogen-bond acceptors (Lipinski definition) is 6. The number of pyridine rings is 2. The molecule has 3 aromatic heterocycles. The minimum absolute atomic E-state index is 0.160. The molecule has 0 N–H and O–H groups in total. The van der Waals surface area contributed by atoms with E-state index in [1.54, 1.807) is 43.6 Å². The van der Waals surface area contributed by atoms with Crippen LogP contribution in [0.5, 0.6) is 0 Å². The van der Waals surface area contributed by atoms with Gasteiger partial charge in [0.25, 0.3) is 5.91 Å². The van der Waals surface area contributed by atoms with Crippen LogP contribution >= 0.6 is 0 Å². The van der Waals surface area contributed by atoms with Crippen LogP contribution in [0.3, 0.4) is 0 Å². The van der Waals surface area contributed by atoms with Crippen molar-refractivity contribution in [2.75, 3.05) is 20.8 Å². The van der Waals surface area contributed by atoms with E-state index in [2.05, 4.69) is 15.1 Å². The summed E-state index contributed by atoms with van der Waals surface area (Å²) < 4.78 is 10.4. The molecule has 0 aliphatic carbocycles. The number of ether oxygens (including phenoxy) is 1. The number of amides is 1. The molecule has 0 saturated carbocycles. The van der Waals surface area contributed by atoms with Gasteiger partial charge in [0, 0.05) is 26.6 Å². The van der Waals surface area contributed by atoms with Gasteiger partial charge in [-0.2, -0.15) is 0 Å². The van der Waals surface area contributed by atoms with Gasteiger partial charge in [0.1, 0.15) is 0 Å². The molecule has 118 valence electrons. The summed E-state index contributed by atoms with van der Waals surface area (Å²) in [5.41, 5.74) is 1.15. The number of hydrogen-bond donors (Lipinski definition) is 0. The lowest BCUT2D eigenvalue weighted by Crippen LogP contribution is -2.34. The number of carbonyl (C=O) groups excluding carboxylic acids is 1. The molecule has 0 bridgehead atoms. The minimum Gasteiger partial charge on any atom is -0.382 e. The Hall–Kier alpha value is -2.80. The second-order valence-corrected chi connectivity index (χ2v) is 5.03. The molecule has 0 saturated heterocycles. The molecule has 23 heavy (non-hydrogen) atoms. The first-order valence-electron chi connectivity index (χ1n) is 7.09. The van der Waals surface area contributed by atoms with Crippen LogP contribution in [0.2, 0.25) is 0 Å². The largest absolute Gasteiger partial charge is 0.382 e. The summed E-state index contributed by atoms with van der Waals surface area (Å²) in [6.07, 6.45) is 3.29. The average molecular weight is 312 g/mol. The fourth-order valence-corrected chi connectivity index (χ4v) is 2.37. The molecule has 1 atom stereocenters. The molecule has 0 aliphatic rings. The van der Waals surface area contributed by atoms with Gasteiger partial charge in [0.2, 0.25) is 11.4 Å². The first kappa shape index (κ1) is 15.1. The molecule has 1 unspecified atom stereocenters. The third-order valence-electron chi connectivity index (χ3n) is 3.59. The van der Waals surface area contributed by atoms with Crippen LogP contribution in [0, 0.1) is 0 Å². The zero-order valence-electron chi connectivity index (χ0n) is 12.8. The highest BCUT2D eigenvalue weighted by Gasteiger charge is 2.28. The fraction of sp³-hybridized carbons (Fsp3) is 0.250. The summed E-state index contributed by atoms with van der Waals surface area (Å²) in [4.78, 5) is 22.7. The van der Waals surface area contributed by atoms with Crippen LogP contribution < -0.4 is 0 Å². The Balaban J connectivity index is 1.93. The zero-order chi connectivity index (χ0) is 16.2. The number of fused-ring (bicyclic) bond motifs is 1. The molecule has 0 aromatic carbocycles. The van der Waals surface area contributed by atoms with E-state index in [1.165, 1.54) is 0 Å². The number of likely N-dealkylation sites (N-methyl/N-ethyl adjacent to an activating group) is 1. The summed E-state index contributed by atoms with van der Waals surface area (Å²) in [5.74, 6) is -0.138. The van der Waals surface area contributed by atoms with Gasteiger partial charge in [-0.3, -0.25) is 9.78 Å². The molecule has 7 heteroatoms. The molecule has 0 fully saturated rings. The lowest BCUT2D eigenvalue weighted by atomic mass is 10.1. The highest BCUT2D eigenvalue weighted by Crippen LogP contribution is 2.23. The normalized spacial score (nSPS) is 12.3. The third kappa shape index (κ3) is 2.91. The Kier molecular flexibility index (Phi) is 4.29. The SMILES string of the molecule is COCC(c1ccccn1)N(C)C(=O)c1onc2ncccc12. The maximum absolute atomic E-state index is 12.8. The molecule has 3 heterocycles. The van der Waals surface area contributed by atoms with Crippen molar-refractivity contribution in [1.29, 1.82) is 0 Å². The quantitative estimate of drug-likeness (QED) is 0.717. The predicted octanol–water partition coefficient (Wildman–Crippen LogP) is 2.08. The van der Waals surface area contributed by atoms with E-state index in [9.17, 15) is 4.79 Å². The van der Waals surface area contributed by atoms with Crippen LogP contribution in [0.4, 0.5) is 0 Å². The van der Waals surface area contributed by atoms with Gasteiger partial charge in [0.05, 0.1) is 23.7 Å². The highest BCUT2D eigenvalue weighted by atomic mass is 16.5. The van der Waals surface area contributed by atoms with E-state index in [0.717, 1.165) is 5.69 Å². The molecule has 0 radical (unpaired) electrons. The van der Waals surface area contributed by atoms with E-state index in [1.807, 2.05) is 18.2 Å². The molecular weight excluding hydrogens is 296 g/mol. The lowest BCUT2D eigenvalue weighted by molar-refractivity contribution is 0.0560. The van der Waals surface area contributed by atoms with Gasteiger partial charge in [0.15, 0.2) is 0 Å². The first-order chi connectivity index (χ1) is 11.2. The van der Waals surface area contributed by atoms with Crippen molar-refractivity contribution in [3.63, 3.8) is 0 Å². The molecule has 3 rings (SSSR count). The predicted molar refractivity (Wildman–Crippen MR) is 82.8 cm³/mol. The van der Waals surface area contributed by atoms with E-state index in [-0.39, 0.29) is 17.7 Å². The Bertz CT molecular complexity index is 803. The second-order valence-electron chi connectivity index (χ2n) is 5.03. The van der Waals surface area contributed by atoms with Crippen molar-refractivity contribution in [2.24, 2.45) is 0 Å². The molecule has 0 spiro atoms. The maximum Gasteiger partial charge on any atom is 0.293 e.